The molecule has 8 nitrogen and oxygen atoms in total. The van der Waals surface area contributed by atoms with Gasteiger partial charge in [-0.2, -0.15) is 9.78 Å². The lowest BCUT2D eigenvalue weighted by Crippen LogP contribution is -2.55. The van der Waals surface area contributed by atoms with Crippen molar-refractivity contribution in [1.29, 1.82) is 0 Å². The molecule has 0 radical (unpaired) electrons. The van der Waals surface area contributed by atoms with Gasteiger partial charge in [-0.15, -0.1) is 0 Å². The Hall–Kier alpha value is -4.09. The largest absolute Gasteiger partial charge is 0.496 e. The monoisotopic (exact) mass is 479 g/mol. The number of halogens is 3. The van der Waals surface area contributed by atoms with E-state index in [9.17, 15) is 13.2 Å². The van der Waals surface area contributed by atoms with Crippen LogP contribution in [0.25, 0.3) is 10.9 Å². The molecule has 2 aromatic heterocycles. The highest BCUT2D eigenvalue weighted by molar-refractivity contribution is 6.00. The molecule has 178 valence electrons. The Morgan fingerprint density at radius 2 is 1.86 bits per heavy atom. The highest BCUT2D eigenvalue weighted by atomic mass is 19.2. The Labute approximate surface area is 197 Å². The van der Waals surface area contributed by atoms with Gasteiger partial charge >= 0.3 is 0 Å². The zero-order valence-corrected chi connectivity index (χ0v) is 18.5. The topological polar surface area (TPSA) is 117 Å². The van der Waals surface area contributed by atoms with E-state index in [1.807, 2.05) is 0 Å². The van der Waals surface area contributed by atoms with Gasteiger partial charge in [0.25, 0.3) is 0 Å². The third-order valence-electron chi connectivity index (χ3n) is 5.94. The zero-order chi connectivity index (χ0) is 24.7. The van der Waals surface area contributed by atoms with Crippen molar-refractivity contribution in [2.45, 2.75) is 18.1 Å². The van der Waals surface area contributed by atoms with Gasteiger partial charge in [0, 0.05) is 41.5 Å². The summed E-state index contributed by atoms with van der Waals surface area (Å²) in [5.41, 5.74) is 12.6. The number of benzene rings is 2. The van der Waals surface area contributed by atoms with Crippen LogP contribution in [0.2, 0.25) is 0 Å². The molecule has 0 bridgehead atoms. The summed E-state index contributed by atoms with van der Waals surface area (Å²) in [7, 11) is 1.50. The predicted octanol–water partition coefficient (Wildman–Crippen LogP) is 2.88. The Morgan fingerprint density at radius 3 is 2.63 bits per heavy atom. The van der Waals surface area contributed by atoms with Crippen LogP contribution in [0.15, 0.2) is 64.8 Å². The average molecular weight is 479 g/mol. The summed E-state index contributed by atoms with van der Waals surface area (Å²) in [6, 6.07) is 10.3. The van der Waals surface area contributed by atoms with Crippen molar-refractivity contribution < 1.29 is 17.9 Å². The molecule has 5 rings (SSSR count). The van der Waals surface area contributed by atoms with E-state index in [2.05, 4.69) is 20.1 Å². The van der Waals surface area contributed by atoms with E-state index < -0.39 is 34.7 Å². The Kier molecular flexibility index (Phi) is 5.58. The number of pyridine rings is 1. The first-order valence-electron chi connectivity index (χ1n) is 10.6. The molecule has 0 fully saturated rings. The number of hydrogen-bond donors (Lipinski definition) is 2. The molecule has 4 aromatic rings. The van der Waals surface area contributed by atoms with Crippen LogP contribution in [-0.4, -0.2) is 40.2 Å². The summed E-state index contributed by atoms with van der Waals surface area (Å²) in [6.45, 7) is 0. The lowest BCUT2D eigenvalue weighted by Gasteiger charge is -2.32. The van der Waals surface area contributed by atoms with Crippen molar-refractivity contribution in [3.8, 4) is 5.75 Å². The molecule has 2 atom stereocenters. The smallest absolute Gasteiger partial charge is 0.247 e. The molecule has 0 saturated heterocycles. The number of aliphatic imine (C=N–C) groups is 2. The molecule has 1 aliphatic heterocycles. The van der Waals surface area contributed by atoms with E-state index in [1.54, 1.807) is 36.5 Å². The second-order valence-electron chi connectivity index (χ2n) is 8.02. The molecule has 0 amide bonds. The molecule has 0 spiro atoms. The van der Waals surface area contributed by atoms with E-state index in [1.165, 1.54) is 24.2 Å². The lowest BCUT2D eigenvalue weighted by molar-refractivity contribution is 0.387. The normalized spacial score (nSPS) is 19.7. The number of nitrogens with two attached hydrogens (primary N) is 2. The van der Waals surface area contributed by atoms with Crippen LogP contribution in [-0.2, 0) is 12.0 Å². The van der Waals surface area contributed by atoms with Crippen LogP contribution >= 0.6 is 0 Å². The fraction of sp³-hybridized carbons (Fsp3) is 0.167. The molecule has 3 heterocycles. The van der Waals surface area contributed by atoms with Crippen molar-refractivity contribution in [1.82, 2.24) is 14.8 Å². The summed E-state index contributed by atoms with van der Waals surface area (Å²) in [5.74, 6) is -2.64. The standard InChI is InChI=1S/C24H20F3N7O/c1-35-20-8-9-30-11-15(20)24(29)12-31-23(32-22(24)28)34-19-5-3-2-4-13(19)18(33-34)10-14-16(25)6-7-17(26)21(14)27/h2-9,11-12,22H,10,28-29H2,1H3. The van der Waals surface area contributed by atoms with Crippen molar-refractivity contribution in [2.75, 3.05) is 7.11 Å². The maximum atomic E-state index is 14.3. The Morgan fingerprint density at radius 1 is 1.09 bits per heavy atom. The first-order valence-corrected chi connectivity index (χ1v) is 10.6. The third kappa shape index (κ3) is 3.74. The minimum atomic E-state index is -1.30. The van der Waals surface area contributed by atoms with Gasteiger partial charge in [0.2, 0.25) is 5.96 Å². The molecular weight excluding hydrogens is 459 g/mol. The van der Waals surface area contributed by atoms with Gasteiger partial charge in [0.15, 0.2) is 11.6 Å². The highest BCUT2D eigenvalue weighted by Crippen LogP contribution is 2.31. The van der Waals surface area contributed by atoms with Crippen LogP contribution < -0.4 is 16.2 Å². The fourth-order valence-electron chi connectivity index (χ4n) is 4.04. The van der Waals surface area contributed by atoms with Crippen LogP contribution in [0, 0.1) is 17.5 Å². The third-order valence-corrected chi connectivity index (χ3v) is 5.94. The van der Waals surface area contributed by atoms with E-state index in [0.717, 1.165) is 12.1 Å². The summed E-state index contributed by atoms with van der Waals surface area (Å²) < 4.78 is 49.2. The number of fused-ring (bicyclic) bond motifs is 1. The average Bonchev–Trinajstić information content (AvgIpc) is 3.24. The molecule has 11 heteroatoms. The van der Waals surface area contributed by atoms with Crippen molar-refractivity contribution in [3.63, 3.8) is 0 Å². The zero-order valence-electron chi connectivity index (χ0n) is 18.5. The first-order chi connectivity index (χ1) is 16.8. The van der Waals surface area contributed by atoms with Crippen LogP contribution in [0.1, 0.15) is 16.8 Å². The number of methoxy groups -OCH3 is 1. The number of rotatable bonds is 4. The summed E-state index contributed by atoms with van der Waals surface area (Å²) in [4.78, 5) is 13.0. The molecule has 4 N–H and O–H groups in total. The number of para-hydroxylation sites is 1. The second-order valence-corrected chi connectivity index (χ2v) is 8.02. The van der Waals surface area contributed by atoms with Gasteiger partial charge in [0.1, 0.15) is 23.3 Å². The lowest BCUT2D eigenvalue weighted by atomic mass is 9.89. The molecule has 2 aromatic carbocycles. The highest BCUT2D eigenvalue weighted by Gasteiger charge is 2.39. The van der Waals surface area contributed by atoms with E-state index in [4.69, 9.17) is 16.2 Å². The van der Waals surface area contributed by atoms with Gasteiger partial charge in [-0.1, -0.05) is 18.2 Å². The van der Waals surface area contributed by atoms with Crippen molar-refractivity contribution in [2.24, 2.45) is 21.5 Å². The van der Waals surface area contributed by atoms with Crippen molar-refractivity contribution >= 4 is 23.1 Å². The molecule has 1 aliphatic rings. The molecule has 2 unspecified atom stereocenters. The van der Waals surface area contributed by atoms with Gasteiger partial charge in [-0.25, -0.2) is 23.2 Å². The van der Waals surface area contributed by atoms with E-state index in [-0.39, 0.29) is 12.4 Å². The number of hydrogen-bond acceptors (Lipinski definition) is 7. The van der Waals surface area contributed by atoms with Crippen molar-refractivity contribution in [3.05, 3.63) is 89.1 Å². The summed E-state index contributed by atoms with van der Waals surface area (Å²) >= 11 is 0. The van der Waals surface area contributed by atoms with Gasteiger partial charge in [0.05, 0.1) is 18.3 Å². The van der Waals surface area contributed by atoms with Crippen LogP contribution in [0.4, 0.5) is 13.2 Å². The molecule has 35 heavy (non-hydrogen) atoms. The van der Waals surface area contributed by atoms with E-state index in [0.29, 0.717) is 27.9 Å². The number of nitrogens with zero attached hydrogens (tertiary/aromatic N) is 5. The van der Waals surface area contributed by atoms with E-state index >= 15 is 0 Å². The van der Waals surface area contributed by atoms with Gasteiger partial charge in [-0.05, 0) is 24.3 Å². The predicted molar refractivity (Wildman–Crippen MR) is 125 cm³/mol. The number of aromatic nitrogens is 3. The Bertz CT molecular complexity index is 1500. The molecule has 0 saturated carbocycles. The van der Waals surface area contributed by atoms with Crippen LogP contribution in [0.5, 0.6) is 5.75 Å². The second kappa shape index (κ2) is 8.60. The van der Waals surface area contributed by atoms with Gasteiger partial charge in [-0.3, -0.25) is 4.98 Å². The van der Waals surface area contributed by atoms with Gasteiger partial charge < -0.3 is 16.2 Å². The first kappa shape index (κ1) is 22.7. The quantitative estimate of drug-likeness (QED) is 0.437. The minimum Gasteiger partial charge on any atom is -0.496 e. The molecular formula is C24H20F3N7O. The summed E-state index contributed by atoms with van der Waals surface area (Å²) in [5, 5.41) is 5.09. The fourth-order valence-corrected chi connectivity index (χ4v) is 4.04. The Balaban J connectivity index is 1.57. The van der Waals surface area contributed by atoms with Crippen LogP contribution in [0.3, 0.4) is 0 Å². The minimum absolute atomic E-state index is 0.129. The summed E-state index contributed by atoms with van der Waals surface area (Å²) in [6.07, 6.45) is 3.29. The maximum Gasteiger partial charge on any atom is 0.247 e. The SMILES string of the molecule is COc1ccncc1C1(N)C=NC(n2nc(Cc3c(F)ccc(F)c3F)c3ccccc32)=NC1N. The maximum absolute atomic E-state index is 14.3. The number of ether oxygens (including phenoxy) is 1. The molecule has 0 aliphatic carbocycles.